The van der Waals surface area contributed by atoms with Crippen LogP contribution in [0.3, 0.4) is 0 Å². The van der Waals surface area contributed by atoms with Crippen LogP contribution in [0.15, 0.2) is 23.9 Å². The molecule has 42 valence electrons. The summed E-state index contributed by atoms with van der Waals surface area (Å²) in [5.41, 5.74) is 1.24. The fraction of sp³-hybridized carbons (Fsp3) is 0.200. The molecule has 0 radical (unpaired) electrons. The van der Waals surface area contributed by atoms with Crippen molar-refractivity contribution >= 4 is 10.4 Å². The molecule has 0 aromatic heterocycles. The van der Waals surface area contributed by atoms with E-state index >= 15 is 0 Å². The van der Waals surface area contributed by atoms with Crippen molar-refractivity contribution in [1.82, 2.24) is 0 Å². The summed E-state index contributed by atoms with van der Waals surface area (Å²) in [7, 11) is 0.948. The summed E-state index contributed by atoms with van der Waals surface area (Å²) in [5.74, 6) is 0. The molecule has 0 aromatic rings. The van der Waals surface area contributed by atoms with Crippen LogP contribution in [0.25, 0.3) is 4.98 Å². The summed E-state index contributed by atoms with van der Waals surface area (Å²) in [4.78, 5) is 4.12. The van der Waals surface area contributed by atoms with E-state index in [1.54, 1.807) is 0 Å². The van der Waals surface area contributed by atoms with Gasteiger partial charge in [-0.15, -0.1) is 0 Å². The van der Waals surface area contributed by atoms with E-state index in [9.17, 15) is 0 Å². The minimum atomic E-state index is 0. The van der Waals surface area contributed by atoms with Gasteiger partial charge in [-0.25, -0.2) is 0 Å². The quantitative estimate of drug-likeness (QED) is 0.493. The molecule has 1 aliphatic rings. The van der Waals surface area contributed by atoms with Gasteiger partial charge < -0.3 is 4.98 Å². The normalized spacial score (nSPS) is 15.2. The predicted molar refractivity (Wildman–Crippen MR) is 35.1 cm³/mol. The van der Waals surface area contributed by atoms with Crippen LogP contribution in [0.1, 0.15) is 6.42 Å². The molecule has 1 nitrogen and oxygen atoms in total. The second-order valence-corrected chi connectivity index (χ2v) is 1.96. The first-order valence-corrected chi connectivity index (χ1v) is 3.28. The summed E-state index contributed by atoms with van der Waals surface area (Å²) >= 11 is 0. The Morgan fingerprint density at radius 3 is 2.62 bits per heavy atom. The number of hydrogen-bond acceptors (Lipinski definition) is 0. The van der Waals surface area contributed by atoms with Gasteiger partial charge in [-0.1, -0.05) is 28.6 Å². The van der Waals surface area contributed by atoms with Crippen LogP contribution in [0.4, 0.5) is 0 Å². The number of allylic oxidation sites excluding steroid dienone is 3. The van der Waals surface area contributed by atoms with Gasteiger partial charge in [0.25, 0.3) is 0 Å². The van der Waals surface area contributed by atoms with Crippen LogP contribution in [0.5, 0.6) is 0 Å². The molecule has 0 unspecified atom stereocenters. The van der Waals surface area contributed by atoms with E-state index in [2.05, 4.69) is 23.2 Å². The Morgan fingerprint density at radius 1 is 1.62 bits per heavy atom. The molecule has 0 N–H and O–H groups in total. The van der Waals surface area contributed by atoms with Gasteiger partial charge in [-0.3, -0.25) is 0 Å². The Hall–Kier alpha value is 0.211. The Kier molecular flexibility index (Phi) is 4.24. The van der Waals surface area contributed by atoms with Crippen molar-refractivity contribution in [2.24, 2.45) is 0 Å². The minimum Gasteiger partial charge on any atom is -0.697 e. The summed E-state index contributed by atoms with van der Waals surface area (Å²) in [6.45, 7) is 0. The Labute approximate surface area is 67.6 Å². The molecule has 0 aromatic carbocycles. The largest absolute Gasteiger partial charge is 0.697 e. The molecule has 0 saturated carbocycles. The molecule has 0 atom stereocenters. The van der Waals surface area contributed by atoms with Gasteiger partial charge in [0.15, 0.2) is 0 Å². The molecule has 1 aliphatic carbocycles. The molecular formula is C5H8NSiTi-. The van der Waals surface area contributed by atoms with Gasteiger partial charge in [-0.05, 0) is 6.42 Å². The molecule has 8 heavy (non-hydrogen) atoms. The fourth-order valence-corrected chi connectivity index (χ4v) is 0.933. The fourth-order valence-electron chi connectivity index (χ4n) is 0.602. The zero-order valence-corrected chi connectivity index (χ0v) is 8.45. The van der Waals surface area contributed by atoms with E-state index in [-0.39, 0.29) is 21.7 Å². The second kappa shape index (κ2) is 4.13. The topological polar surface area (TPSA) is 14.1 Å². The summed E-state index contributed by atoms with van der Waals surface area (Å²) in [6.07, 6.45) is 7.30. The van der Waals surface area contributed by atoms with Gasteiger partial charge in [0.05, 0.1) is 0 Å². The molecule has 3 heteroatoms. The molecule has 0 spiro atoms. The zero-order valence-electron chi connectivity index (χ0n) is 4.89. The van der Waals surface area contributed by atoms with E-state index in [1.165, 1.54) is 5.70 Å². The maximum Gasteiger partial charge on any atom is 0 e. The van der Waals surface area contributed by atoms with E-state index in [0.29, 0.717) is 0 Å². The smallest absolute Gasteiger partial charge is 0 e. The molecule has 0 aliphatic heterocycles. The predicted octanol–water partition coefficient (Wildman–Crippen LogP) is 0.482. The second-order valence-electron chi connectivity index (χ2n) is 1.51. The van der Waals surface area contributed by atoms with Gasteiger partial charge >= 0.3 is 0 Å². The summed E-state index contributed by atoms with van der Waals surface area (Å²) in [5, 5.41) is 0. The third-order valence-corrected chi connectivity index (χ3v) is 1.61. The molecular weight excluding hydrogens is 150 g/mol. The van der Waals surface area contributed by atoms with Crippen molar-refractivity contribution in [2.75, 3.05) is 0 Å². The maximum absolute atomic E-state index is 4.12. The van der Waals surface area contributed by atoms with Crippen LogP contribution in [0.2, 0.25) is 0 Å². The van der Waals surface area contributed by atoms with Crippen LogP contribution in [-0.4, -0.2) is 10.4 Å². The molecule has 0 saturated heterocycles. The third-order valence-electron chi connectivity index (χ3n) is 1.04. The minimum absolute atomic E-state index is 0. The van der Waals surface area contributed by atoms with E-state index in [4.69, 9.17) is 0 Å². The standard InChI is InChI=1S/C5H8NSi.Ti/c7-6-5-3-1-2-4-5;/h1-3H,4H2,7H3;/q-1;. The maximum atomic E-state index is 4.12. The van der Waals surface area contributed by atoms with Crippen molar-refractivity contribution < 1.29 is 21.7 Å². The first-order valence-electron chi connectivity index (χ1n) is 2.39. The van der Waals surface area contributed by atoms with Crippen molar-refractivity contribution in [3.8, 4) is 0 Å². The van der Waals surface area contributed by atoms with Crippen molar-refractivity contribution in [3.63, 3.8) is 0 Å². The first-order chi connectivity index (χ1) is 3.43. The molecule has 1 rings (SSSR count). The molecule has 0 heterocycles. The van der Waals surface area contributed by atoms with Gasteiger partial charge in [0, 0.05) is 21.7 Å². The first kappa shape index (κ1) is 8.21. The summed E-state index contributed by atoms with van der Waals surface area (Å²) < 4.78 is 0. The average Bonchev–Trinajstić information content (AvgIpc) is 2.14. The summed E-state index contributed by atoms with van der Waals surface area (Å²) in [6, 6.07) is 0. The number of nitrogens with zero attached hydrogens (tertiary/aromatic N) is 1. The van der Waals surface area contributed by atoms with E-state index in [1.807, 2.05) is 0 Å². The van der Waals surface area contributed by atoms with Crippen LogP contribution < -0.4 is 0 Å². The molecule has 0 fully saturated rings. The van der Waals surface area contributed by atoms with Crippen molar-refractivity contribution in [1.29, 1.82) is 0 Å². The van der Waals surface area contributed by atoms with E-state index < -0.39 is 0 Å². The SMILES string of the molecule is [SiH3][N-]C1=CC=CC1.[Ti]. The van der Waals surface area contributed by atoms with Crippen LogP contribution in [0, 0.1) is 0 Å². The number of hydrogen-bond donors (Lipinski definition) is 0. The van der Waals surface area contributed by atoms with Crippen molar-refractivity contribution in [3.05, 3.63) is 28.9 Å². The monoisotopic (exact) mass is 158 g/mol. The Morgan fingerprint density at radius 2 is 2.38 bits per heavy atom. The molecule has 0 bridgehead atoms. The van der Waals surface area contributed by atoms with Crippen LogP contribution >= 0.6 is 0 Å². The molecule has 0 amide bonds. The van der Waals surface area contributed by atoms with Gasteiger partial charge in [0.1, 0.15) is 0 Å². The average molecular weight is 158 g/mol. The van der Waals surface area contributed by atoms with Crippen LogP contribution in [-0.2, 0) is 21.7 Å². The van der Waals surface area contributed by atoms with E-state index in [0.717, 1.165) is 16.8 Å². The Bertz CT molecular complexity index is 120. The van der Waals surface area contributed by atoms with Gasteiger partial charge in [0.2, 0.25) is 0 Å². The zero-order chi connectivity index (χ0) is 5.11. The van der Waals surface area contributed by atoms with Crippen molar-refractivity contribution in [2.45, 2.75) is 6.42 Å². The Balaban J connectivity index is 0.000000490. The van der Waals surface area contributed by atoms with Gasteiger partial charge in [-0.2, -0.15) is 5.70 Å². The third kappa shape index (κ3) is 1.99. The number of rotatable bonds is 1.